The van der Waals surface area contributed by atoms with E-state index in [-0.39, 0.29) is 5.82 Å². The van der Waals surface area contributed by atoms with Crippen LogP contribution in [0.25, 0.3) is 0 Å². The lowest BCUT2D eigenvalue weighted by atomic mass is 10.2. The van der Waals surface area contributed by atoms with Crippen molar-refractivity contribution in [2.24, 2.45) is 0 Å². The van der Waals surface area contributed by atoms with Crippen LogP contribution in [0.5, 0.6) is 5.88 Å². The molecular weight excluding hydrogens is 269 g/mol. The van der Waals surface area contributed by atoms with Crippen LogP contribution in [0, 0.1) is 5.82 Å². The van der Waals surface area contributed by atoms with Crippen molar-refractivity contribution in [1.82, 2.24) is 9.97 Å². The zero-order chi connectivity index (χ0) is 15.1. The minimum Gasteiger partial charge on any atom is -0.478 e. The molecule has 0 aliphatic rings. The van der Waals surface area contributed by atoms with E-state index in [0.29, 0.717) is 19.0 Å². The van der Waals surface area contributed by atoms with Crippen LogP contribution in [-0.2, 0) is 13.0 Å². The summed E-state index contributed by atoms with van der Waals surface area (Å²) >= 11 is 0. The lowest BCUT2D eigenvalue weighted by Gasteiger charge is -2.10. The topological polar surface area (TPSA) is 47.0 Å². The van der Waals surface area contributed by atoms with E-state index >= 15 is 0 Å². The first-order valence-corrected chi connectivity index (χ1v) is 7.20. The lowest BCUT2D eigenvalue weighted by molar-refractivity contribution is 0.304. The molecule has 0 saturated carbocycles. The molecule has 0 amide bonds. The van der Waals surface area contributed by atoms with Gasteiger partial charge in [-0.15, -0.1) is 0 Å². The highest BCUT2D eigenvalue weighted by Crippen LogP contribution is 2.15. The van der Waals surface area contributed by atoms with Crippen molar-refractivity contribution in [2.75, 3.05) is 11.9 Å². The summed E-state index contributed by atoms with van der Waals surface area (Å²) in [6.07, 6.45) is 1.68. The molecule has 0 bridgehead atoms. The third kappa shape index (κ3) is 4.70. The van der Waals surface area contributed by atoms with Gasteiger partial charge in [-0.05, 0) is 24.1 Å². The Kier molecular flexibility index (Phi) is 5.49. The predicted octanol–water partition coefficient (Wildman–Crippen LogP) is 3.58. The van der Waals surface area contributed by atoms with E-state index in [9.17, 15) is 4.39 Å². The molecule has 0 saturated heterocycles. The van der Waals surface area contributed by atoms with Crippen molar-refractivity contribution in [3.05, 3.63) is 47.5 Å². The molecule has 2 aromatic rings. The first-order valence-electron chi connectivity index (χ1n) is 7.20. The summed E-state index contributed by atoms with van der Waals surface area (Å²) in [5.74, 6) is 1.82. The van der Waals surface area contributed by atoms with Crippen LogP contribution in [0.15, 0.2) is 30.3 Å². The molecule has 1 heterocycles. The highest BCUT2D eigenvalue weighted by molar-refractivity contribution is 5.39. The Morgan fingerprint density at radius 3 is 2.57 bits per heavy atom. The van der Waals surface area contributed by atoms with Crippen molar-refractivity contribution < 1.29 is 9.13 Å². The standard InChI is InChI=1S/C16H20FN3O/c1-3-9-21-16-10-15(19-14(4-2)20-16)18-11-12-5-7-13(17)8-6-12/h5-8,10H,3-4,9,11H2,1-2H3,(H,18,19,20). The van der Waals surface area contributed by atoms with E-state index in [1.54, 1.807) is 18.2 Å². The van der Waals surface area contributed by atoms with E-state index in [0.717, 1.165) is 30.0 Å². The molecule has 5 heteroatoms. The average molecular weight is 289 g/mol. The van der Waals surface area contributed by atoms with Crippen LogP contribution in [-0.4, -0.2) is 16.6 Å². The number of halogens is 1. The Balaban J connectivity index is 2.05. The molecular formula is C16H20FN3O. The van der Waals surface area contributed by atoms with Gasteiger partial charge in [0.05, 0.1) is 6.61 Å². The van der Waals surface area contributed by atoms with Crippen LogP contribution in [0.2, 0.25) is 0 Å². The Hall–Kier alpha value is -2.17. The SMILES string of the molecule is CCCOc1cc(NCc2ccc(F)cc2)nc(CC)n1. The van der Waals surface area contributed by atoms with E-state index in [2.05, 4.69) is 22.2 Å². The molecule has 0 aliphatic heterocycles. The molecule has 0 fully saturated rings. The molecule has 0 unspecified atom stereocenters. The monoisotopic (exact) mass is 289 g/mol. The number of aromatic nitrogens is 2. The Bertz CT molecular complexity index is 572. The average Bonchev–Trinajstić information content (AvgIpc) is 2.52. The molecule has 21 heavy (non-hydrogen) atoms. The smallest absolute Gasteiger partial charge is 0.218 e. The van der Waals surface area contributed by atoms with Gasteiger partial charge in [0.1, 0.15) is 17.5 Å². The molecule has 1 aromatic carbocycles. The van der Waals surface area contributed by atoms with Gasteiger partial charge in [0, 0.05) is 19.0 Å². The number of hydrogen-bond acceptors (Lipinski definition) is 4. The minimum atomic E-state index is -0.232. The van der Waals surface area contributed by atoms with Crippen molar-refractivity contribution in [1.29, 1.82) is 0 Å². The first kappa shape index (κ1) is 15.2. The van der Waals surface area contributed by atoms with Crippen molar-refractivity contribution >= 4 is 5.82 Å². The number of ether oxygens (including phenoxy) is 1. The lowest BCUT2D eigenvalue weighted by Crippen LogP contribution is -2.06. The molecule has 0 aliphatic carbocycles. The predicted molar refractivity (Wildman–Crippen MR) is 80.9 cm³/mol. The van der Waals surface area contributed by atoms with Gasteiger partial charge >= 0.3 is 0 Å². The van der Waals surface area contributed by atoms with Crippen LogP contribution >= 0.6 is 0 Å². The Morgan fingerprint density at radius 1 is 1.14 bits per heavy atom. The normalized spacial score (nSPS) is 10.4. The number of anilines is 1. The molecule has 0 atom stereocenters. The number of benzene rings is 1. The summed E-state index contributed by atoms with van der Waals surface area (Å²) in [4.78, 5) is 8.75. The fourth-order valence-corrected chi connectivity index (χ4v) is 1.80. The van der Waals surface area contributed by atoms with E-state index in [1.165, 1.54) is 12.1 Å². The maximum Gasteiger partial charge on any atom is 0.218 e. The number of nitrogens with one attached hydrogen (secondary N) is 1. The van der Waals surface area contributed by atoms with Crippen LogP contribution in [0.4, 0.5) is 10.2 Å². The zero-order valence-electron chi connectivity index (χ0n) is 12.4. The van der Waals surface area contributed by atoms with Crippen LogP contribution < -0.4 is 10.1 Å². The van der Waals surface area contributed by atoms with Gasteiger partial charge in [-0.2, -0.15) is 4.98 Å². The first-order chi connectivity index (χ1) is 10.2. The van der Waals surface area contributed by atoms with E-state index < -0.39 is 0 Å². The molecule has 4 nitrogen and oxygen atoms in total. The number of nitrogens with zero attached hydrogens (tertiary/aromatic N) is 2. The van der Waals surface area contributed by atoms with Crippen molar-refractivity contribution in [3.8, 4) is 5.88 Å². The maximum atomic E-state index is 12.9. The molecule has 1 aromatic heterocycles. The quantitative estimate of drug-likeness (QED) is 0.846. The Morgan fingerprint density at radius 2 is 1.90 bits per heavy atom. The van der Waals surface area contributed by atoms with Gasteiger partial charge in [-0.3, -0.25) is 0 Å². The van der Waals surface area contributed by atoms with Crippen LogP contribution in [0.3, 0.4) is 0 Å². The van der Waals surface area contributed by atoms with Gasteiger partial charge in [-0.25, -0.2) is 9.37 Å². The summed E-state index contributed by atoms with van der Waals surface area (Å²) in [7, 11) is 0. The van der Waals surface area contributed by atoms with Crippen LogP contribution in [0.1, 0.15) is 31.7 Å². The van der Waals surface area contributed by atoms with Crippen molar-refractivity contribution in [3.63, 3.8) is 0 Å². The number of hydrogen-bond donors (Lipinski definition) is 1. The molecule has 0 radical (unpaired) electrons. The third-order valence-corrected chi connectivity index (χ3v) is 2.91. The summed E-state index contributed by atoms with van der Waals surface area (Å²) in [6.45, 7) is 5.27. The zero-order valence-corrected chi connectivity index (χ0v) is 12.4. The minimum absolute atomic E-state index is 0.232. The van der Waals surface area contributed by atoms with Gasteiger partial charge in [0.15, 0.2) is 0 Å². The van der Waals surface area contributed by atoms with E-state index in [4.69, 9.17) is 4.74 Å². The number of rotatable bonds is 7. The second kappa shape index (κ2) is 7.57. The Labute approximate surface area is 124 Å². The summed E-state index contributed by atoms with van der Waals surface area (Å²) in [6, 6.07) is 8.18. The van der Waals surface area contributed by atoms with Gasteiger partial charge in [0.2, 0.25) is 5.88 Å². The number of aryl methyl sites for hydroxylation is 1. The molecule has 2 rings (SSSR count). The second-order valence-electron chi connectivity index (χ2n) is 4.69. The summed E-state index contributed by atoms with van der Waals surface area (Å²) in [5.41, 5.74) is 0.990. The maximum absolute atomic E-state index is 12.9. The van der Waals surface area contributed by atoms with Gasteiger partial charge in [-0.1, -0.05) is 26.0 Å². The highest BCUT2D eigenvalue weighted by Gasteiger charge is 2.04. The van der Waals surface area contributed by atoms with E-state index in [1.807, 2.05) is 6.92 Å². The molecule has 112 valence electrons. The van der Waals surface area contributed by atoms with Crippen molar-refractivity contribution in [2.45, 2.75) is 33.2 Å². The second-order valence-corrected chi connectivity index (χ2v) is 4.69. The largest absolute Gasteiger partial charge is 0.478 e. The third-order valence-electron chi connectivity index (χ3n) is 2.91. The summed E-state index contributed by atoms with van der Waals surface area (Å²) in [5, 5.41) is 3.22. The van der Waals surface area contributed by atoms with Gasteiger partial charge < -0.3 is 10.1 Å². The highest BCUT2D eigenvalue weighted by atomic mass is 19.1. The molecule has 1 N–H and O–H groups in total. The van der Waals surface area contributed by atoms with Gasteiger partial charge in [0.25, 0.3) is 0 Å². The fraction of sp³-hybridized carbons (Fsp3) is 0.375. The summed E-state index contributed by atoms with van der Waals surface area (Å²) < 4.78 is 18.4. The molecule has 0 spiro atoms. The fourth-order valence-electron chi connectivity index (χ4n) is 1.80.